The first-order valence-corrected chi connectivity index (χ1v) is 18.2. The number of hydrogen-bond acceptors (Lipinski definition) is 6. The molecule has 0 aromatic heterocycles. The number of carbonyl (C=O) groups excluding carboxylic acids is 1. The average molecular weight is 617 g/mol. The molecule has 42 heavy (non-hydrogen) atoms. The Morgan fingerprint density at radius 1 is 0.810 bits per heavy atom. The molecule has 0 spiro atoms. The van der Waals surface area contributed by atoms with Crippen molar-refractivity contribution in [3.8, 4) is 0 Å². The second kappa shape index (κ2) is 26.4. The highest BCUT2D eigenvalue weighted by atomic mass is 31.2. The van der Waals surface area contributed by atoms with E-state index in [-0.39, 0.29) is 19.1 Å². The topological polar surface area (TPSA) is 108 Å². The SMILES string of the molecule is CCCCCC/C=C\CCCCCCCC(=O)NC(COP(=O)([O-])OCC[N+](C)(C)C)C(O)/C=C/CCCCCCC. The summed E-state index contributed by atoms with van der Waals surface area (Å²) in [5, 5.41) is 13.5. The van der Waals surface area contributed by atoms with Gasteiger partial charge in [-0.3, -0.25) is 9.36 Å². The van der Waals surface area contributed by atoms with Gasteiger partial charge in [0.05, 0.1) is 39.9 Å². The smallest absolute Gasteiger partial charge is 0.268 e. The van der Waals surface area contributed by atoms with Crippen molar-refractivity contribution < 1.29 is 32.9 Å². The molecule has 3 atom stereocenters. The molecule has 9 heteroatoms. The van der Waals surface area contributed by atoms with Gasteiger partial charge >= 0.3 is 0 Å². The van der Waals surface area contributed by atoms with Gasteiger partial charge in [0.15, 0.2) is 0 Å². The summed E-state index contributed by atoms with van der Waals surface area (Å²) in [5.74, 6) is -0.215. The first kappa shape index (κ1) is 41.0. The Kier molecular flexibility index (Phi) is 25.7. The summed E-state index contributed by atoms with van der Waals surface area (Å²) in [6.45, 7) is 4.52. The first-order valence-electron chi connectivity index (χ1n) is 16.7. The summed E-state index contributed by atoms with van der Waals surface area (Å²) in [6, 6.07) is -0.883. The molecule has 0 aromatic rings. The lowest BCUT2D eigenvalue weighted by Crippen LogP contribution is -2.45. The number of quaternary nitrogens is 1. The van der Waals surface area contributed by atoms with Crippen LogP contribution in [-0.2, 0) is 18.4 Å². The van der Waals surface area contributed by atoms with Crippen molar-refractivity contribution in [2.24, 2.45) is 0 Å². The molecule has 0 saturated carbocycles. The maximum absolute atomic E-state index is 12.7. The lowest BCUT2D eigenvalue weighted by molar-refractivity contribution is -0.870. The van der Waals surface area contributed by atoms with Crippen LogP contribution in [0.25, 0.3) is 0 Å². The van der Waals surface area contributed by atoms with Gasteiger partial charge in [0.25, 0.3) is 7.82 Å². The number of aliphatic hydroxyl groups excluding tert-OH is 1. The fraction of sp³-hybridized carbons (Fsp3) is 0.848. The van der Waals surface area contributed by atoms with Crippen LogP contribution in [0.1, 0.15) is 129 Å². The van der Waals surface area contributed by atoms with Crippen LogP contribution in [0.4, 0.5) is 0 Å². The lowest BCUT2D eigenvalue weighted by atomic mass is 10.1. The Balaban J connectivity index is 4.56. The normalized spacial score (nSPS) is 15.3. The van der Waals surface area contributed by atoms with E-state index in [0.29, 0.717) is 17.4 Å². The molecule has 2 N–H and O–H groups in total. The Morgan fingerprint density at radius 3 is 1.88 bits per heavy atom. The zero-order valence-corrected chi connectivity index (χ0v) is 28.6. The summed E-state index contributed by atoms with van der Waals surface area (Å²) in [5.41, 5.74) is 0. The molecule has 0 fully saturated rings. The number of phosphoric acid groups is 1. The second-order valence-electron chi connectivity index (χ2n) is 12.5. The third-order valence-electron chi connectivity index (χ3n) is 7.16. The van der Waals surface area contributed by atoms with E-state index >= 15 is 0 Å². The summed E-state index contributed by atoms with van der Waals surface area (Å²) < 4.78 is 22.9. The van der Waals surface area contributed by atoms with Crippen molar-refractivity contribution in [3.05, 3.63) is 24.3 Å². The van der Waals surface area contributed by atoms with E-state index in [1.54, 1.807) is 6.08 Å². The zero-order chi connectivity index (χ0) is 31.5. The molecule has 0 bridgehead atoms. The molecule has 248 valence electrons. The Hall–Kier alpha value is -1.02. The number of rotatable bonds is 29. The maximum atomic E-state index is 12.7. The fourth-order valence-electron chi connectivity index (χ4n) is 4.38. The van der Waals surface area contributed by atoms with Crippen molar-refractivity contribution in [3.63, 3.8) is 0 Å². The highest BCUT2D eigenvalue weighted by Crippen LogP contribution is 2.38. The minimum Gasteiger partial charge on any atom is -0.756 e. The summed E-state index contributed by atoms with van der Waals surface area (Å²) in [7, 11) is 1.25. The largest absolute Gasteiger partial charge is 0.756 e. The molecule has 0 radical (unpaired) electrons. The van der Waals surface area contributed by atoms with Gasteiger partial charge in [-0.15, -0.1) is 0 Å². The van der Waals surface area contributed by atoms with Gasteiger partial charge in [0.1, 0.15) is 13.2 Å². The van der Waals surface area contributed by atoms with Gasteiger partial charge in [0, 0.05) is 6.42 Å². The lowest BCUT2D eigenvalue weighted by Gasteiger charge is -2.29. The molecule has 0 aliphatic rings. The van der Waals surface area contributed by atoms with Gasteiger partial charge in [-0.25, -0.2) is 0 Å². The van der Waals surface area contributed by atoms with E-state index in [0.717, 1.165) is 51.4 Å². The number of likely N-dealkylation sites (N-methyl/N-ethyl adjacent to an activating group) is 1. The van der Waals surface area contributed by atoms with Gasteiger partial charge < -0.3 is 28.8 Å². The van der Waals surface area contributed by atoms with E-state index in [1.807, 2.05) is 27.2 Å². The van der Waals surface area contributed by atoms with Crippen LogP contribution in [0.5, 0.6) is 0 Å². The molecule has 3 unspecified atom stereocenters. The summed E-state index contributed by atoms with van der Waals surface area (Å²) >= 11 is 0. The standard InChI is InChI=1S/C33H65N2O6P/c1-6-8-10-12-14-15-16-17-18-19-21-23-25-27-33(37)34-31(32(36)26-24-22-20-13-11-9-7-2)30-41-42(38,39)40-29-28-35(3,4)5/h15-16,24,26,31-32,36H,6-14,17-23,25,27-30H2,1-5H3,(H-,34,37,38,39)/b16-15-,26-24+. The Morgan fingerprint density at radius 2 is 1.31 bits per heavy atom. The number of hydrogen-bond donors (Lipinski definition) is 2. The van der Waals surface area contributed by atoms with Crippen LogP contribution in [0.3, 0.4) is 0 Å². The summed E-state index contributed by atoms with van der Waals surface area (Å²) in [6.07, 6.45) is 26.6. The fourth-order valence-corrected chi connectivity index (χ4v) is 5.10. The maximum Gasteiger partial charge on any atom is 0.268 e. The first-order chi connectivity index (χ1) is 20.0. The summed E-state index contributed by atoms with van der Waals surface area (Å²) in [4.78, 5) is 24.9. The van der Waals surface area contributed by atoms with E-state index in [9.17, 15) is 19.4 Å². The van der Waals surface area contributed by atoms with Crippen molar-refractivity contribution in [1.29, 1.82) is 0 Å². The second-order valence-corrected chi connectivity index (χ2v) is 13.9. The minimum atomic E-state index is -4.57. The Labute approximate surface area is 258 Å². The quantitative estimate of drug-likeness (QED) is 0.0398. The van der Waals surface area contributed by atoms with Gasteiger partial charge in [-0.1, -0.05) is 102 Å². The minimum absolute atomic E-state index is 0.00285. The van der Waals surface area contributed by atoms with Gasteiger partial charge in [0.2, 0.25) is 5.91 Å². The third-order valence-corrected chi connectivity index (χ3v) is 8.12. The number of carbonyl (C=O) groups is 1. The average Bonchev–Trinajstić information content (AvgIpc) is 2.92. The molecule has 0 aliphatic carbocycles. The van der Waals surface area contributed by atoms with Crippen LogP contribution in [0.2, 0.25) is 0 Å². The predicted octanol–water partition coefficient (Wildman–Crippen LogP) is 7.21. The molecule has 0 rings (SSSR count). The molecule has 8 nitrogen and oxygen atoms in total. The number of nitrogens with one attached hydrogen (secondary N) is 1. The van der Waals surface area contributed by atoms with Crippen LogP contribution in [-0.4, -0.2) is 68.5 Å². The molecule has 0 aliphatic heterocycles. The zero-order valence-electron chi connectivity index (χ0n) is 27.7. The predicted molar refractivity (Wildman–Crippen MR) is 173 cm³/mol. The molecule has 0 aromatic carbocycles. The van der Waals surface area contributed by atoms with Crippen molar-refractivity contribution in [1.82, 2.24) is 5.32 Å². The number of aliphatic hydroxyl groups is 1. The van der Waals surface area contributed by atoms with E-state index in [2.05, 4.69) is 31.3 Å². The van der Waals surface area contributed by atoms with E-state index in [4.69, 9.17) is 9.05 Å². The third kappa shape index (κ3) is 27.8. The molecule has 0 saturated heterocycles. The van der Waals surface area contributed by atoms with Crippen LogP contribution < -0.4 is 10.2 Å². The van der Waals surface area contributed by atoms with E-state index in [1.165, 1.54) is 57.8 Å². The molecule has 1 amide bonds. The number of allylic oxidation sites excluding steroid dienone is 3. The van der Waals surface area contributed by atoms with Crippen LogP contribution in [0, 0.1) is 0 Å². The van der Waals surface area contributed by atoms with Gasteiger partial charge in [-0.05, 0) is 44.9 Å². The van der Waals surface area contributed by atoms with Gasteiger partial charge in [-0.2, -0.15) is 0 Å². The molecule has 0 heterocycles. The Bertz CT molecular complexity index is 753. The number of amides is 1. The van der Waals surface area contributed by atoms with Crippen LogP contribution >= 0.6 is 7.82 Å². The van der Waals surface area contributed by atoms with E-state index < -0.39 is 20.0 Å². The highest BCUT2D eigenvalue weighted by Gasteiger charge is 2.23. The number of phosphoric ester groups is 1. The van der Waals surface area contributed by atoms with Crippen LogP contribution in [0.15, 0.2) is 24.3 Å². The van der Waals surface area contributed by atoms with Crippen molar-refractivity contribution in [2.45, 2.75) is 142 Å². The molecular weight excluding hydrogens is 551 g/mol. The van der Waals surface area contributed by atoms with Crippen molar-refractivity contribution >= 4 is 13.7 Å². The van der Waals surface area contributed by atoms with Crippen molar-refractivity contribution in [2.75, 3.05) is 40.9 Å². The molecular formula is C33H65N2O6P. The number of unbranched alkanes of at least 4 members (excludes halogenated alkanes) is 14. The monoisotopic (exact) mass is 616 g/mol. The highest BCUT2D eigenvalue weighted by molar-refractivity contribution is 7.45. The number of nitrogens with zero attached hydrogens (tertiary/aromatic N) is 1.